The van der Waals surface area contributed by atoms with E-state index in [0.29, 0.717) is 26.1 Å². The molecule has 1 aliphatic heterocycles. The molecule has 1 atom stereocenters. The first-order chi connectivity index (χ1) is 11.2. The van der Waals surface area contributed by atoms with Gasteiger partial charge in [-0.2, -0.15) is 5.26 Å². The van der Waals surface area contributed by atoms with E-state index in [1.165, 1.54) is 0 Å². The number of nitrogens with zero attached hydrogens (tertiary/aromatic N) is 1. The van der Waals surface area contributed by atoms with Gasteiger partial charge >= 0.3 is 0 Å². The predicted octanol–water partition coefficient (Wildman–Crippen LogP) is 2.98. The fourth-order valence-electron chi connectivity index (χ4n) is 2.63. The molecule has 0 bridgehead atoms. The topological polar surface area (TPSA) is 71.3 Å². The normalized spacial score (nSPS) is 13.9. The summed E-state index contributed by atoms with van der Waals surface area (Å²) in [5.41, 5.74) is 1.12. The molecule has 124 valence electrons. The van der Waals surface area contributed by atoms with Crippen LogP contribution in [0.3, 0.4) is 0 Å². The number of carbonyl (C=O) groups is 1. The number of nitriles is 1. The molecule has 1 amide bonds. The summed E-state index contributed by atoms with van der Waals surface area (Å²) in [6.07, 6.45) is 4.49. The van der Waals surface area contributed by atoms with E-state index in [2.05, 4.69) is 11.4 Å². The van der Waals surface area contributed by atoms with Gasteiger partial charge in [0.1, 0.15) is 13.2 Å². The van der Waals surface area contributed by atoms with Gasteiger partial charge in [-0.1, -0.05) is 12.5 Å². The Morgan fingerprint density at radius 2 is 2.04 bits per heavy atom. The number of benzene rings is 1. The van der Waals surface area contributed by atoms with Crippen LogP contribution in [0.4, 0.5) is 0 Å². The number of amides is 1. The van der Waals surface area contributed by atoms with Crippen molar-refractivity contribution in [2.75, 3.05) is 13.2 Å². The maximum absolute atomic E-state index is 11.9. The number of hydrogen-bond acceptors (Lipinski definition) is 4. The summed E-state index contributed by atoms with van der Waals surface area (Å²) in [6.45, 7) is 3.17. The van der Waals surface area contributed by atoms with Crippen molar-refractivity contribution in [3.63, 3.8) is 0 Å². The fourth-order valence-corrected chi connectivity index (χ4v) is 2.63. The first kappa shape index (κ1) is 17.1. The van der Waals surface area contributed by atoms with E-state index < -0.39 is 0 Å². The van der Waals surface area contributed by atoms with Gasteiger partial charge in [-0.05, 0) is 43.9 Å². The van der Waals surface area contributed by atoms with Crippen LogP contribution in [0.2, 0.25) is 0 Å². The molecule has 1 aliphatic rings. The van der Waals surface area contributed by atoms with Crippen molar-refractivity contribution in [2.45, 2.75) is 51.5 Å². The molecule has 1 N–H and O–H groups in total. The SMILES string of the molecule is CC(Cc1ccc2c(c1)OCCO2)NC(=O)CCCCCC#N. The van der Waals surface area contributed by atoms with Crippen LogP contribution in [-0.2, 0) is 11.2 Å². The van der Waals surface area contributed by atoms with Crippen molar-refractivity contribution in [3.05, 3.63) is 23.8 Å². The Balaban J connectivity index is 1.73. The van der Waals surface area contributed by atoms with Crippen molar-refractivity contribution in [3.8, 4) is 17.6 Å². The van der Waals surface area contributed by atoms with Crippen molar-refractivity contribution in [2.24, 2.45) is 0 Å². The first-order valence-corrected chi connectivity index (χ1v) is 8.24. The number of hydrogen-bond donors (Lipinski definition) is 1. The van der Waals surface area contributed by atoms with Crippen molar-refractivity contribution in [1.29, 1.82) is 5.26 Å². The molecule has 0 aliphatic carbocycles. The number of rotatable bonds is 8. The molecule has 5 heteroatoms. The number of carbonyl (C=O) groups excluding carboxylic acids is 1. The molecule has 2 rings (SSSR count). The Kier molecular flexibility index (Phi) is 6.74. The lowest BCUT2D eigenvalue weighted by Gasteiger charge is -2.20. The van der Waals surface area contributed by atoms with Gasteiger partial charge in [-0.3, -0.25) is 4.79 Å². The maximum atomic E-state index is 11.9. The van der Waals surface area contributed by atoms with Crippen LogP contribution in [0.25, 0.3) is 0 Å². The van der Waals surface area contributed by atoms with E-state index in [1.807, 2.05) is 25.1 Å². The minimum absolute atomic E-state index is 0.0733. The Hall–Kier alpha value is -2.22. The molecule has 1 aromatic carbocycles. The van der Waals surface area contributed by atoms with Gasteiger partial charge in [-0.15, -0.1) is 0 Å². The molecule has 5 nitrogen and oxygen atoms in total. The van der Waals surface area contributed by atoms with Crippen molar-refractivity contribution in [1.82, 2.24) is 5.32 Å². The molecule has 0 saturated heterocycles. The van der Waals surface area contributed by atoms with Crippen LogP contribution in [0.1, 0.15) is 44.6 Å². The van der Waals surface area contributed by atoms with Crippen molar-refractivity contribution < 1.29 is 14.3 Å². The average Bonchev–Trinajstić information content (AvgIpc) is 2.54. The van der Waals surface area contributed by atoms with Crippen LogP contribution >= 0.6 is 0 Å². The number of unbranched alkanes of at least 4 members (excludes halogenated alkanes) is 3. The zero-order valence-electron chi connectivity index (χ0n) is 13.6. The predicted molar refractivity (Wildman–Crippen MR) is 87.4 cm³/mol. The van der Waals surface area contributed by atoms with E-state index in [4.69, 9.17) is 14.7 Å². The Bertz CT molecular complexity index is 566. The molecule has 1 unspecified atom stereocenters. The van der Waals surface area contributed by atoms with Gasteiger partial charge in [0.15, 0.2) is 11.5 Å². The molecular weight excluding hydrogens is 292 g/mol. The van der Waals surface area contributed by atoms with E-state index in [0.717, 1.165) is 42.7 Å². The van der Waals surface area contributed by atoms with Crippen LogP contribution in [0.5, 0.6) is 11.5 Å². The zero-order valence-corrected chi connectivity index (χ0v) is 13.6. The zero-order chi connectivity index (χ0) is 16.5. The second-order valence-electron chi connectivity index (χ2n) is 5.87. The van der Waals surface area contributed by atoms with E-state index in [-0.39, 0.29) is 11.9 Å². The lowest BCUT2D eigenvalue weighted by Crippen LogP contribution is -2.33. The molecule has 1 heterocycles. The van der Waals surface area contributed by atoms with Gasteiger partial charge in [0, 0.05) is 18.9 Å². The minimum Gasteiger partial charge on any atom is -0.486 e. The Morgan fingerprint density at radius 1 is 1.26 bits per heavy atom. The van der Waals surface area contributed by atoms with Crippen LogP contribution < -0.4 is 14.8 Å². The average molecular weight is 316 g/mol. The molecule has 0 saturated carbocycles. The number of ether oxygens (including phenoxy) is 2. The summed E-state index contributed by atoms with van der Waals surface area (Å²) in [5, 5.41) is 11.5. The smallest absolute Gasteiger partial charge is 0.220 e. The van der Waals surface area contributed by atoms with E-state index in [1.54, 1.807) is 0 Å². The molecule has 0 fully saturated rings. The third-order valence-corrected chi connectivity index (χ3v) is 3.75. The quantitative estimate of drug-likeness (QED) is 0.748. The highest BCUT2D eigenvalue weighted by atomic mass is 16.6. The summed E-state index contributed by atoms with van der Waals surface area (Å²) < 4.78 is 11.1. The lowest BCUT2D eigenvalue weighted by atomic mass is 10.1. The first-order valence-electron chi connectivity index (χ1n) is 8.24. The molecular formula is C18H24N2O3. The molecule has 23 heavy (non-hydrogen) atoms. The second-order valence-corrected chi connectivity index (χ2v) is 5.87. The van der Waals surface area contributed by atoms with E-state index in [9.17, 15) is 4.79 Å². The summed E-state index contributed by atoms with van der Waals surface area (Å²) in [4.78, 5) is 11.9. The van der Waals surface area contributed by atoms with Gasteiger partial charge in [0.2, 0.25) is 5.91 Å². The van der Waals surface area contributed by atoms with Crippen LogP contribution in [-0.4, -0.2) is 25.2 Å². The third-order valence-electron chi connectivity index (χ3n) is 3.75. The van der Waals surface area contributed by atoms with Gasteiger partial charge in [0.25, 0.3) is 0 Å². The monoisotopic (exact) mass is 316 g/mol. The number of nitrogens with one attached hydrogen (secondary N) is 1. The largest absolute Gasteiger partial charge is 0.486 e. The minimum atomic E-state index is 0.0733. The third kappa shape index (κ3) is 5.82. The van der Waals surface area contributed by atoms with Gasteiger partial charge in [0.05, 0.1) is 6.07 Å². The fraction of sp³-hybridized carbons (Fsp3) is 0.556. The summed E-state index contributed by atoms with van der Waals surface area (Å²) in [7, 11) is 0. The Morgan fingerprint density at radius 3 is 2.83 bits per heavy atom. The van der Waals surface area contributed by atoms with Crippen molar-refractivity contribution >= 4 is 5.91 Å². The molecule has 0 radical (unpaired) electrons. The highest BCUT2D eigenvalue weighted by Crippen LogP contribution is 2.31. The van der Waals surface area contributed by atoms with Crippen LogP contribution in [0, 0.1) is 11.3 Å². The lowest BCUT2D eigenvalue weighted by molar-refractivity contribution is -0.121. The highest BCUT2D eigenvalue weighted by Gasteiger charge is 2.13. The highest BCUT2D eigenvalue weighted by molar-refractivity contribution is 5.76. The standard InChI is InChI=1S/C18H24N2O3/c1-14(20-18(21)6-4-2-3-5-9-19)12-15-7-8-16-17(13-15)23-11-10-22-16/h7-8,13-14H,2-6,10-12H2,1H3,(H,20,21). The summed E-state index contributed by atoms with van der Waals surface area (Å²) in [5.74, 6) is 1.64. The summed E-state index contributed by atoms with van der Waals surface area (Å²) in [6, 6.07) is 8.11. The molecule has 0 aromatic heterocycles. The van der Waals surface area contributed by atoms with Gasteiger partial charge < -0.3 is 14.8 Å². The summed E-state index contributed by atoms with van der Waals surface area (Å²) >= 11 is 0. The van der Waals surface area contributed by atoms with Crippen LogP contribution in [0.15, 0.2) is 18.2 Å². The van der Waals surface area contributed by atoms with Gasteiger partial charge in [-0.25, -0.2) is 0 Å². The van der Waals surface area contributed by atoms with E-state index >= 15 is 0 Å². The Labute approximate surface area is 137 Å². The maximum Gasteiger partial charge on any atom is 0.220 e. The second kappa shape index (κ2) is 9.04. The molecule has 0 spiro atoms. The molecule has 1 aromatic rings. The number of fused-ring (bicyclic) bond motifs is 1.